The van der Waals surface area contributed by atoms with Gasteiger partial charge in [0.05, 0.1) is 11.1 Å². The van der Waals surface area contributed by atoms with Crippen LogP contribution in [0.2, 0.25) is 0 Å². The third-order valence-corrected chi connectivity index (χ3v) is 4.76. The molecule has 0 saturated heterocycles. The fraction of sp³-hybridized carbons (Fsp3) is 0.0769. The summed E-state index contributed by atoms with van der Waals surface area (Å²) in [4.78, 5) is 0.0544. The second-order valence-electron chi connectivity index (χ2n) is 3.88. The van der Waals surface area contributed by atoms with E-state index in [1.54, 1.807) is 30.3 Å². The minimum absolute atomic E-state index is 0.0544. The van der Waals surface area contributed by atoms with Crippen LogP contribution in [0.5, 0.6) is 5.75 Å². The minimum Gasteiger partial charge on any atom is -0.392 e. The number of rotatable bonds is 4. The molecule has 4 nitrogen and oxygen atoms in total. The molecule has 0 aliphatic rings. The summed E-state index contributed by atoms with van der Waals surface area (Å²) in [6.45, 7) is -0.336. The molecule has 0 atom stereocenters. The summed E-state index contributed by atoms with van der Waals surface area (Å²) in [6.07, 6.45) is 0. The lowest BCUT2D eigenvalue weighted by atomic mass is 10.2. The van der Waals surface area contributed by atoms with Crippen LogP contribution in [0.25, 0.3) is 0 Å². The Balaban J connectivity index is 2.45. The zero-order valence-electron chi connectivity index (χ0n) is 10.1. The molecule has 7 heteroatoms. The van der Waals surface area contributed by atoms with Crippen LogP contribution in [0.1, 0.15) is 5.56 Å². The van der Waals surface area contributed by atoms with Gasteiger partial charge in [0.25, 0.3) is 0 Å². The van der Waals surface area contributed by atoms with Gasteiger partial charge in [0.1, 0.15) is 4.90 Å². The van der Waals surface area contributed by atoms with Crippen LogP contribution in [-0.4, -0.2) is 13.5 Å². The number of halogens is 2. The minimum atomic E-state index is -3.94. The Morgan fingerprint density at radius 2 is 1.75 bits per heavy atom. The molecule has 0 unspecified atom stereocenters. The first-order valence-corrected chi connectivity index (χ1v) is 8.52. The van der Waals surface area contributed by atoms with Crippen molar-refractivity contribution < 1.29 is 17.7 Å². The standard InChI is InChI=1S/C13H10Br2O4S/c14-10-6-9(8-16)13(12(15)7-10)19-20(17,18)11-4-2-1-3-5-11/h1-7,16H,8H2. The van der Waals surface area contributed by atoms with Crippen molar-refractivity contribution in [3.8, 4) is 5.75 Å². The lowest BCUT2D eigenvalue weighted by molar-refractivity contribution is 0.278. The van der Waals surface area contributed by atoms with Crippen molar-refractivity contribution >= 4 is 42.0 Å². The molecule has 2 aromatic rings. The first-order valence-electron chi connectivity index (χ1n) is 5.52. The number of aliphatic hydroxyl groups is 1. The van der Waals surface area contributed by atoms with Crippen LogP contribution in [0, 0.1) is 0 Å². The Morgan fingerprint density at radius 3 is 2.35 bits per heavy atom. The molecule has 106 valence electrons. The van der Waals surface area contributed by atoms with Gasteiger partial charge >= 0.3 is 10.1 Å². The van der Waals surface area contributed by atoms with Gasteiger partial charge in [-0.25, -0.2) is 0 Å². The van der Waals surface area contributed by atoms with Crippen LogP contribution < -0.4 is 4.18 Å². The molecule has 20 heavy (non-hydrogen) atoms. The molecular formula is C13H10Br2O4S. The molecule has 0 aliphatic carbocycles. The Hall–Kier alpha value is -0.890. The largest absolute Gasteiger partial charge is 0.392 e. The third kappa shape index (κ3) is 3.41. The first-order chi connectivity index (χ1) is 9.44. The Labute approximate surface area is 133 Å². The van der Waals surface area contributed by atoms with Gasteiger partial charge in [0.15, 0.2) is 5.75 Å². The van der Waals surface area contributed by atoms with Gasteiger partial charge in [0.2, 0.25) is 0 Å². The lowest BCUT2D eigenvalue weighted by Crippen LogP contribution is -2.11. The van der Waals surface area contributed by atoms with E-state index in [1.807, 2.05) is 0 Å². The maximum Gasteiger partial charge on any atom is 0.339 e. The molecule has 0 heterocycles. The first kappa shape index (κ1) is 15.5. The number of hydrogen-bond donors (Lipinski definition) is 1. The highest BCUT2D eigenvalue weighted by Crippen LogP contribution is 2.34. The highest BCUT2D eigenvalue weighted by atomic mass is 79.9. The van der Waals surface area contributed by atoms with Crippen molar-refractivity contribution in [1.82, 2.24) is 0 Å². The maximum atomic E-state index is 12.2. The van der Waals surface area contributed by atoms with Crippen molar-refractivity contribution in [2.24, 2.45) is 0 Å². The van der Waals surface area contributed by atoms with Crippen LogP contribution in [0.4, 0.5) is 0 Å². The monoisotopic (exact) mass is 420 g/mol. The Bertz CT molecular complexity index is 715. The smallest absolute Gasteiger partial charge is 0.339 e. The van der Waals surface area contributed by atoms with E-state index in [0.29, 0.717) is 14.5 Å². The molecule has 1 N–H and O–H groups in total. The molecule has 0 spiro atoms. The van der Waals surface area contributed by atoms with E-state index in [4.69, 9.17) is 4.18 Å². The fourth-order valence-electron chi connectivity index (χ4n) is 1.57. The zero-order valence-corrected chi connectivity index (χ0v) is 14.1. The zero-order chi connectivity index (χ0) is 14.8. The molecule has 0 aliphatic heterocycles. The lowest BCUT2D eigenvalue weighted by Gasteiger charge is -2.12. The molecule has 0 saturated carbocycles. The summed E-state index contributed by atoms with van der Waals surface area (Å²) >= 11 is 6.50. The van der Waals surface area contributed by atoms with E-state index in [1.165, 1.54) is 12.1 Å². The second-order valence-corrected chi connectivity index (χ2v) is 7.20. The summed E-state index contributed by atoms with van der Waals surface area (Å²) in [7, 11) is -3.94. The second kappa shape index (κ2) is 6.26. The normalized spacial score (nSPS) is 11.3. The van der Waals surface area contributed by atoms with E-state index in [9.17, 15) is 13.5 Å². The number of hydrogen-bond acceptors (Lipinski definition) is 4. The van der Waals surface area contributed by atoms with Gasteiger partial charge in [-0.1, -0.05) is 34.1 Å². The molecule has 2 aromatic carbocycles. The summed E-state index contributed by atoms with van der Waals surface area (Å²) in [5, 5.41) is 9.32. The summed E-state index contributed by atoms with van der Waals surface area (Å²) in [5.41, 5.74) is 0.366. The van der Waals surface area contributed by atoms with Gasteiger partial charge in [-0.2, -0.15) is 8.42 Å². The molecule has 0 amide bonds. The van der Waals surface area contributed by atoms with Gasteiger partial charge in [0, 0.05) is 10.0 Å². The van der Waals surface area contributed by atoms with Crippen LogP contribution in [0.3, 0.4) is 0 Å². The SMILES string of the molecule is O=S(=O)(Oc1c(Br)cc(Br)cc1CO)c1ccccc1. The van der Waals surface area contributed by atoms with Crippen LogP contribution in [-0.2, 0) is 16.7 Å². The molecule has 0 aromatic heterocycles. The van der Waals surface area contributed by atoms with E-state index in [-0.39, 0.29) is 17.3 Å². The van der Waals surface area contributed by atoms with E-state index in [2.05, 4.69) is 31.9 Å². The van der Waals surface area contributed by atoms with Crippen LogP contribution >= 0.6 is 31.9 Å². The van der Waals surface area contributed by atoms with Gasteiger partial charge in [-0.3, -0.25) is 0 Å². The summed E-state index contributed by atoms with van der Waals surface area (Å²) in [6, 6.07) is 11.1. The molecule has 0 bridgehead atoms. The molecule has 0 radical (unpaired) electrons. The number of benzene rings is 2. The third-order valence-electron chi connectivity index (χ3n) is 2.48. The summed E-state index contributed by atoms with van der Waals surface area (Å²) in [5.74, 6) is 0.0829. The van der Waals surface area contributed by atoms with Crippen molar-refractivity contribution in [3.63, 3.8) is 0 Å². The van der Waals surface area contributed by atoms with Crippen molar-refractivity contribution in [1.29, 1.82) is 0 Å². The Kier molecular flexibility index (Phi) is 4.85. The molecule has 0 fully saturated rings. The summed E-state index contributed by atoms with van der Waals surface area (Å²) < 4.78 is 30.6. The van der Waals surface area contributed by atoms with Gasteiger partial charge in [-0.05, 0) is 40.2 Å². The van der Waals surface area contributed by atoms with Gasteiger partial charge in [-0.15, -0.1) is 0 Å². The highest BCUT2D eigenvalue weighted by Gasteiger charge is 2.20. The fourth-order valence-corrected chi connectivity index (χ4v) is 4.07. The highest BCUT2D eigenvalue weighted by molar-refractivity contribution is 9.11. The molecule has 2 rings (SSSR count). The number of aliphatic hydroxyl groups excluding tert-OH is 1. The van der Waals surface area contributed by atoms with Crippen molar-refractivity contribution in [2.75, 3.05) is 0 Å². The van der Waals surface area contributed by atoms with E-state index < -0.39 is 10.1 Å². The average Bonchev–Trinajstić information content (AvgIpc) is 2.42. The molecular weight excluding hydrogens is 412 g/mol. The Morgan fingerprint density at radius 1 is 1.10 bits per heavy atom. The predicted octanol–water partition coefficient (Wildman–Crippen LogP) is 3.47. The van der Waals surface area contributed by atoms with Gasteiger partial charge < -0.3 is 9.29 Å². The van der Waals surface area contributed by atoms with E-state index in [0.717, 1.165) is 0 Å². The topological polar surface area (TPSA) is 63.6 Å². The van der Waals surface area contributed by atoms with Crippen molar-refractivity contribution in [3.05, 3.63) is 57.0 Å². The van der Waals surface area contributed by atoms with Crippen molar-refractivity contribution in [2.45, 2.75) is 11.5 Å². The van der Waals surface area contributed by atoms with Crippen LogP contribution in [0.15, 0.2) is 56.3 Å². The van der Waals surface area contributed by atoms with E-state index >= 15 is 0 Å². The maximum absolute atomic E-state index is 12.2. The predicted molar refractivity (Wildman–Crippen MR) is 82.0 cm³/mol. The quantitative estimate of drug-likeness (QED) is 0.767. The average molecular weight is 422 g/mol.